The summed E-state index contributed by atoms with van der Waals surface area (Å²) in [6.07, 6.45) is 7.28. The number of hydrogen-bond acceptors (Lipinski definition) is 3. The summed E-state index contributed by atoms with van der Waals surface area (Å²) in [6, 6.07) is 6.02. The first-order chi connectivity index (χ1) is 7.29. The fraction of sp³-hybridized carbons (Fsp3) is 0.167. The number of hydrogen-bond donors (Lipinski definition) is 0. The number of anilines is 1. The van der Waals surface area contributed by atoms with Crippen molar-refractivity contribution in [1.29, 1.82) is 0 Å². The van der Waals surface area contributed by atoms with Crippen molar-refractivity contribution in [3.8, 4) is 11.1 Å². The van der Waals surface area contributed by atoms with E-state index in [4.69, 9.17) is 0 Å². The van der Waals surface area contributed by atoms with Gasteiger partial charge in [-0.3, -0.25) is 9.97 Å². The molecule has 0 aliphatic carbocycles. The molecule has 0 aromatic carbocycles. The normalized spacial score (nSPS) is 10.0. The summed E-state index contributed by atoms with van der Waals surface area (Å²) in [6.45, 7) is 0. The molecule has 76 valence electrons. The molecule has 2 aromatic rings. The minimum absolute atomic E-state index is 1.11. The van der Waals surface area contributed by atoms with Gasteiger partial charge in [-0.1, -0.05) is 0 Å². The van der Waals surface area contributed by atoms with Gasteiger partial charge in [-0.05, 0) is 23.8 Å². The Balaban J connectivity index is 2.53. The minimum atomic E-state index is 1.11. The highest BCUT2D eigenvalue weighted by atomic mass is 15.1. The molecule has 0 unspecified atom stereocenters. The van der Waals surface area contributed by atoms with Gasteiger partial charge in [0.25, 0.3) is 0 Å². The zero-order valence-electron chi connectivity index (χ0n) is 8.88. The van der Waals surface area contributed by atoms with Crippen molar-refractivity contribution < 1.29 is 0 Å². The van der Waals surface area contributed by atoms with Crippen LogP contribution in [0.25, 0.3) is 11.1 Å². The van der Waals surface area contributed by atoms with Crippen molar-refractivity contribution in [2.45, 2.75) is 0 Å². The van der Waals surface area contributed by atoms with Gasteiger partial charge in [-0.15, -0.1) is 0 Å². The Bertz CT molecular complexity index is 438. The van der Waals surface area contributed by atoms with Gasteiger partial charge < -0.3 is 4.90 Å². The highest BCUT2D eigenvalue weighted by Crippen LogP contribution is 2.27. The second-order valence-electron chi connectivity index (χ2n) is 3.52. The fourth-order valence-electron chi connectivity index (χ4n) is 1.52. The minimum Gasteiger partial charge on any atom is -0.376 e. The lowest BCUT2D eigenvalue weighted by molar-refractivity contribution is 1.11. The van der Waals surface area contributed by atoms with Crippen LogP contribution in [0.2, 0.25) is 0 Å². The molecule has 2 rings (SSSR count). The van der Waals surface area contributed by atoms with Crippen molar-refractivity contribution in [2.75, 3.05) is 19.0 Å². The Morgan fingerprint density at radius 1 is 0.933 bits per heavy atom. The average Bonchev–Trinajstić information content (AvgIpc) is 2.30. The van der Waals surface area contributed by atoms with E-state index < -0.39 is 0 Å². The van der Waals surface area contributed by atoms with Gasteiger partial charge in [-0.2, -0.15) is 0 Å². The second-order valence-corrected chi connectivity index (χ2v) is 3.52. The van der Waals surface area contributed by atoms with Crippen LogP contribution >= 0.6 is 0 Å². The lowest BCUT2D eigenvalue weighted by atomic mass is 10.1. The Kier molecular flexibility index (Phi) is 2.63. The van der Waals surface area contributed by atoms with E-state index in [1.807, 2.05) is 44.7 Å². The van der Waals surface area contributed by atoms with Crippen LogP contribution in [0.4, 0.5) is 5.69 Å². The molecule has 0 radical (unpaired) electrons. The fourth-order valence-corrected chi connectivity index (χ4v) is 1.52. The van der Waals surface area contributed by atoms with Gasteiger partial charge in [0.05, 0.1) is 11.9 Å². The van der Waals surface area contributed by atoms with Crippen molar-refractivity contribution in [1.82, 2.24) is 9.97 Å². The third-order valence-electron chi connectivity index (χ3n) is 2.27. The molecule has 0 amide bonds. The highest BCUT2D eigenvalue weighted by molar-refractivity contribution is 5.77. The molecule has 0 atom stereocenters. The van der Waals surface area contributed by atoms with Crippen molar-refractivity contribution in [3.63, 3.8) is 0 Å². The molecule has 0 bridgehead atoms. The maximum Gasteiger partial charge on any atom is 0.0627 e. The second kappa shape index (κ2) is 4.09. The first kappa shape index (κ1) is 9.65. The summed E-state index contributed by atoms with van der Waals surface area (Å²) in [7, 11) is 4.03. The lowest BCUT2D eigenvalue weighted by Crippen LogP contribution is -2.10. The highest BCUT2D eigenvalue weighted by Gasteiger charge is 2.05. The first-order valence-corrected chi connectivity index (χ1v) is 4.81. The molecule has 2 heterocycles. The van der Waals surface area contributed by atoms with Crippen molar-refractivity contribution in [3.05, 3.63) is 43.0 Å². The van der Waals surface area contributed by atoms with E-state index in [1.165, 1.54) is 5.56 Å². The predicted molar refractivity (Wildman–Crippen MR) is 61.8 cm³/mol. The topological polar surface area (TPSA) is 29.0 Å². The first-order valence-electron chi connectivity index (χ1n) is 4.81. The van der Waals surface area contributed by atoms with Crippen LogP contribution < -0.4 is 4.90 Å². The van der Waals surface area contributed by atoms with Crippen LogP contribution in [0.3, 0.4) is 0 Å². The van der Waals surface area contributed by atoms with E-state index in [0.29, 0.717) is 0 Å². The van der Waals surface area contributed by atoms with E-state index in [9.17, 15) is 0 Å². The molecule has 15 heavy (non-hydrogen) atoms. The van der Waals surface area contributed by atoms with Crippen molar-refractivity contribution >= 4 is 5.69 Å². The molecule has 0 aliphatic heterocycles. The zero-order valence-corrected chi connectivity index (χ0v) is 8.88. The molecule has 2 aromatic heterocycles. The molecule has 3 heteroatoms. The summed E-state index contributed by atoms with van der Waals surface area (Å²) in [5.74, 6) is 0. The van der Waals surface area contributed by atoms with E-state index >= 15 is 0 Å². The molecule has 3 nitrogen and oxygen atoms in total. The van der Waals surface area contributed by atoms with E-state index in [0.717, 1.165) is 11.3 Å². The third-order valence-corrected chi connectivity index (χ3v) is 2.27. The van der Waals surface area contributed by atoms with Gasteiger partial charge >= 0.3 is 0 Å². The largest absolute Gasteiger partial charge is 0.376 e. The smallest absolute Gasteiger partial charge is 0.0627 e. The summed E-state index contributed by atoms with van der Waals surface area (Å²) in [4.78, 5) is 10.2. The summed E-state index contributed by atoms with van der Waals surface area (Å²) in [5, 5.41) is 0. The predicted octanol–water partition coefficient (Wildman–Crippen LogP) is 2.21. The Morgan fingerprint density at radius 3 is 2.27 bits per heavy atom. The molecule has 0 fully saturated rings. The van der Waals surface area contributed by atoms with Crippen LogP contribution in [0, 0.1) is 0 Å². The average molecular weight is 199 g/mol. The van der Waals surface area contributed by atoms with Crippen LogP contribution in [0.15, 0.2) is 43.0 Å². The van der Waals surface area contributed by atoms with Crippen LogP contribution in [-0.4, -0.2) is 24.1 Å². The van der Waals surface area contributed by atoms with Gasteiger partial charge in [-0.25, -0.2) is 0 Å². The molecule has 0 aliphatic rings. The number of nitrogens with zero attached hydrogens (tertiary/aromatic N) is 3. The summed E-state index contributed by atoms with van der Waals surface area (Å²) < 4.78 is 0. The molecule has 0 saturated carbocycles. The number of pyridine rings is 2. The Labute approximate surface area is 89.4 Å². The standard InChI is InChI=1S/C12H13N3/c1-15(2)12-9-14-8-5-11(12)10-3-6-13-7-4-10/h3-9H,1-2H3. The van der Waals surface area contributed by atoms with E-state index in [2.05, 4.69) is 14.9 Å². The van der Waals surface area contributed by atoms with Gasteiger partial charge in [0, 0.05) is 38.2 Å². The van der Waals surface area contributed by atoms with Gasteiger partial charge in [0.15, 0.2) is 0 Å². The van der Waals surface area contributed by atoms with Crippen LogP contribution in [-0.2, 0) is 0 Å². The monoisotopic (exact) mass is 199 g/mol. The number of rotatable bonds is 2. The SMILES string of the molecule is CN(C)c1cnccc1-c1ccncc1. The summed E-state index contributed by atoms with van der Waals surface area (Å²) >= 11 is 0. The van der Waals surface area contributed by atoms with Gasteiger partial charge in [0.2, 0.25) is 0 Å². The maximum absolute atomic E-state index is 4.13. The molecular weight excluding hydrogens is 186 g/mol. The Morgan fingerprint density at radius 2 is 1.60 bits per heavy atom. The van der Waals surface area contributed by atoms with Crippen molar-refractivity contribution in [2.24, 2.45) is 0 Å². The van der Waals surface area contributed by atoms with Gasteiger partial charge in [0.1, 0.15) is 0 Å². The summed E-state index contributed by atoms with van der Waals surface area (Å²) in [5.41, 5.74) is 3.46. The number of aromatic nitrogens is 2. The Hall–Kier alpha value is -1.90. The van der Waals surface area contributed by atoms with Crippen LogP contribution in [0.1, 0.15) is 0 Å². The molecule has 0 N–H and O–H groups in total. The van der Waals surface area contributed by atoms with E-state index in [-0.39, 0.29) is 0 Å². The molecule has 0 saturated heterocycles. The quantitative estimate of drug-likeness (QED) is 0.742. The van der Waals surface area contributed by atoms with Crippen LogP contribution in [0.5, 0.6) is 0 Å². The third kappa shape index (κ3) is 1.96. The maximum atomic E-state index is 4.13. The van der Waals surface area contributed by atoms with E-state index in [1.54, 1.807) is 12.4 Å². The zero-order chi connectivity index (χ0) is 10.7. The lowest BCUT2D eigenvalue weighted by Gasteiger charge is -2.16. The molecule has 0 spiro atoms. The molecular formula is C12H13N3.